The molecule has 0 atom stereocenters. The smallest absolute Gasteiger partial charge is 0.240 e. The second-order valence-corrected chi connectivity index (χ2v) is 7.32. The van der Waals surface area contributed by atoms with Crippen molar-refractivity contribution in [3.05, 3.63) is 36.8 Å². The fourth-order valence-corrected chi connectivity index (χ4v) is 3.18. The first-order valence-corrected chi connectivity index (χ1v) is 9.40. The molecule has 132 valence electrons. The van der Waals surface area contributed by atoms with Crippen molar-refractivity contribution in [2.75, 3.05) is 24.2 Å². The maximum atomic E-state index is 12.1. The summed E-state index contributed by atoms with van der Waals surface area (Å²) in [5, 5.41) is 7.34. The zero-order valence-electron chi connectivity index (χ0n) is 14.0. The van der Waals surface area contributed by atoms with Gasteiger partial charge in [0, 0.05) is 12.7 Å². The third-order valence-corrected chi connectivity index (χ3v) is 5.15. The molecule has 4 N–H and O–H groups in total. The second kappa shape index (κ2) is 7.08. The van der Waals surface area contributed by atoms with Crippen molar-refractivity contribution in [1.82, 2.24) is 19.7 Å². The molecule has 0 fully saturated rings. The molecular formula is C16H20N6O2S. The molecule has 1 aromatic carbocycles. The Morgan fingerprint density at radius 2 is 2.00 bits per heavy atom. The van der Waals surface area contributed by atoms with Gasteiger partial charge in [-0.1, -0.05) is 6.92 Å². The van der Waals surface area contributed by atoms with Crippen LogP contribution in [0, 0.1) is 0 Å². The third kappa shape index (κ3) is 3.57. The van der Waals surface area contributed by atoms with E-state index in [4.69, 9.17) is 0 Å². The monoisotopic (exact) mass is 360 g/mol. The molecule has 0 aliphatic heterocycles. The Kier molecular flexibility index (Phi) is 4.86. The molecule has 2 aromatic heterocycles. The summed E-state index contributed by atoms with van der Waals surface area (Å²) in [7, 11) is -2.15. The summed E-state index contributed by atoms with van der Waals surface area (Å²) in [5.74, 6) is 0.602. The van der Waals surface area contributed by atoms with Gasteiger partial charge in [0.25, 0.3) is 0 Å². The normalized spacial score (nSPS) is 11.6. The summed E-state index contributed by atoms with van der Waals surface area (Å²) in [5.41, 5.74) is 2.14. The third-order valence-electron chi connectivity index (χ3n) is 3.74. The van der Waals surface area contributed by atoms with Crippen LogP contribution in [0.5, 0.6) is 0 Å². The number of fused-ring (bicyclic) bond motifs is 1. The van der Waals surface area contributed by atoms with Gasteiger partial charge in [-0.3, -0.25) is 0 Å². The van der Waals surface area contributed by atoms with Crippen LogP contribution < -0.4 is 15.4 Å². The van der Waals surface area contributed by atoms with Crippen LogP contribution in [0.4, 0.5) is 17.2 Å². The largest absolute Gasteiger partial charge is 0.383 e. The summed E-state index contributed by atoms with van der Waals surface area (Å²) in [4.78, 5) is 11.6. The average Bonchev–Trinajstić information content (AvgIpc) is 3.10. The highest BCUT2D eigenvalue weighted by molar-refractivity contribution is 7.89. The first-order chi connectivity index (χ1) is 12.0. The SMILES string of the molecule is CCCNc1ccc(S(=O)(=O)NC)cc1Nc1ncnc2[nH]ccc12. The Labute approximate surface area is 146 Å². The minimum atomic E-state index is -3.54. The number of nitrogens with one attached hydrogen (secondary N) is 4. The van der Waals surface area contributed by atoms with Crippen LogP contribution in [0.15, 0.2) is 41.7 Å². The summed E-state index contributed by atoms with van der Waals surface area (Å²) >= 11 is 0. The van der Waals surface area contributed by atoms with Gasteiger partial charge < -0.3 is 15.6 Å². The van der Waals surface area contributed by atoms with Gasteiger partial charge in [-0.2, -0.15) is 0 Å². The molecule has 3 rings (SSSR count). The van der Waals surface area contributed by atoms with Gasteiger partial charge in [-0.05, 0) is 37.7 Å². The molecule has 0 bridgehead atoms. The van der Waals surface area contributed by atoms with Gasteiger partial charge in [0.2, 0.25) is 10.0 Å². The van der Waals surface area contributed by atoms with E-state index in [2.05, 4.69) is 37.2 Å². The van der Waals surface area contributed by atoms with Crippen LogP contribution in [-0.4, -0.2) is 37.0 Å². The van der Waals surface area contributed by atoms with Crippen molar-refractivity contribution in [1.29, 1.82) is 0 Å². The van der Waals surface area contributed by atoms with E-state index < -0.39 is 10.0 Å². The topological polar surface area (TPSA) is 112 Å². The molecule has 0 radical (unpaired) electrons. The van der Waals surface area contributed by atoms with Crippen LogP contribution in [0.1, 0.15) is 13.3 Å². The Bertz CT molecular complexity index is 983. The van der Waals surface area contributed by atoms with E-state index in [1.807, 2.05) is 6.07 Å². The zero-order valence-corrected chi connectivity index (χ0v) is 14.8. The van der Waals surface area contributed by atoms with E-state index in [-0.39, 0.29) is 4.90 Å². The van der Waals surface area contributed by atoms with E-state index in [9.17, 15) is 8.42 Å². The number of H-pyrrole nitrogens is 1. The molecule has 25 heavy (non-hydrogen) atoms. The van der Waals surface area contributed by atoms with Crippen molar-refractivity contribution in [3.63, 3.8) is 0 Å². The van der Waals surface area contributed by atoms with Crippen LogP contribution in [0.25, 0.3) is 11.0 Å². The van der Waals surface area contributed by atoms with Gasteiger partial charge in [-0.15, -0.1) is 0 Å². The molecule has 0 aliphatic carbocycles. The lowest BCUT2D eigenvalue weighted by Crippen LogP contribution is -2.18. The highest BCUT2D eigenvalue weighted by Gasteiger charge is 2.15. The van der Waals surface area contributed by atoms with Crippen molar-refractivity contribution < 1.29 is 8.42 Å². The molecule has 0 saturated heterocycles. The number of sulfonamides is 1. The van der Waals surface area contributed by atoms with E-state index in [0.29, 0.717) is 17.2 Å². The summed E-state index contributed by atoms with van der Waals surface area (Å²) < 4.78 is 26.6. The number of benzene rings is 1. The first kappa shape index (κ1) is 17.2. The average molecular weight is 360 g/mol. The fourth-order valence-electron chi connectivity index (χ4n) is 2.43. The molecule has 2 heterocycles. The molecule has 0 aliphatic rings. The first-order valence-electron chi connectivity index (χ1n) is 7.91. The van der Waals surface area contributed by atoms with Crippen molar-refractivity contribution in [2.45, 2.75) is 18.2 Å². The Morgan fingerprint density at radius 1 is 1.16 bits per heavy atom. The number of aromatic nitrogens is 3. The van der Waals surface area contributed by atoms with Crippen molar-refractivity contribution in [3.8, 4) is 0 Å². The predicted octanol–water partition coefficient (Wildman–Crippen LogP) is 2.43. The number of rotatable bonds is 7. The standard InChI is InChI=1S/C16H20N6O2S/c1-3-7-18-13-5-4-11(25(23,24)17-2)9-14(13)22-16-12-6-8-19-15(12)20-10-21-16/h4-6,8-10,17-18H,3,7H2,1-2H3,(H2,19,20,21,22). The quantitative estimate of drug-likeness (QED) is 0.515. The van der Waals surface area contributed by atoms with Gasteiger partial charge in [-0.25, -0.2) is 23.1 Å². The minimum absolute atomic E-state index is 0.180. The maximum Gasteiger partial charge on any atom is 0.240 e. The van der Waals surface area contributed by atoms with Gasteiger partial charge in [0.1, 0.15) is 17.8 Å². The number of hydrogen-bond acceptors (Lipinski definition) is 6. The molecular weight excluding hydrogens is 340 g/mol. The fraction of sp³-hybridized carbons (Fsp3) is 0.250. The van der Waals surface area contributed by atoms with Crippen LogP contribution in [0.2, 0.25) is 0 Å². The second-order valence-electron chi connectivity index (χ2n) is 5.43. The Hall–Kier alpha value is -2.65. The molecule has 9 heteroatoms. The Balaban J connectivity index is 2.05. The van der Waals surface area contributed by atoms with Crippen molar-refractivity contribution >= 4 is 38.2 Å². The van der Waals surface area contributed by atoms with E-state index >= 15 is 0 Å². The molecule has 8 nitrogen and oxygen atoms in total. The molecule has 0 unspecified atom stereocenters. The van der Waals surface area contributed by atoms with Crippen LogP contribution in [0.3, 0.4) is 0 Å². The highest BCUT2D eigenvalue weighted by Crippen LogP contribution is 2.30. The number of nitrogens with zero attached hydrogens (tertiary/aromatic N) is 2. The zero-order chi connectivity index (χ0) is 17.9. The Morgan fingerprint density at radius 3 is 2.76 bits per heavy atom. The van der Waals surface area contributed by atoms with Crippen LogP contribution >= 0.6 is 0 Å². The highest BCUT2D eigenvalue weighted by atomic mass is 32.2. The van der Waals surface area contributed by atoms with Gasteiger partial charge >= 0.3 is 0 Å². The summed E-state index contributed by atoms with van der Waals surface area (Å²) in [6, 6.07) is 6.77. The lowest BCUT2D eigenvalue weighted by Gasteiger charge is -2.15. The van der Waals surface area contributed by atoms with E-state index in [1.54, 1.807) is 24.4 Å². The maximum absolute atomic E-state index is 12.1. The number of aromatic amines is 1. The van der Waals surface area contributed by atoms with E-state index in [1.165, 1.54) is 13.4 Å². The molecule has 0 saturated carbocycles. The minimum Gasteiger partial charge on any atom is -0.383 e. The van der Waals surface area contributed by atoms with Gasteiger partial charge in [0.05, 0.1) is 21.7 Å². The van der Waals surface area contributed by atoms with Gasteiger partial charge in [0.15, 0.2) is 0 Å². The summed E-state index contributed by atoms with van der Waals surface area (Å²) in [6.45, 7) is 2.84. The predicted molar refractivity (Wildman–Crippen MR) is 98.6 cm³/mol. The molecule has 0 amide bonds. The summed E-state index contributed by atoms with van der Waals surface area (Å²) in [6.07, 6.45) is 4.18. The lowest BCUT2D eigenvalue weighted by atomic mass is 10.2. The van der Waals surface area contributed by atoms with Crippen LogP contribution in [-0.2, 0) is 10.0 Å². The van der Waals surface area contributed by atoms with Crippen molar-refractivity contribution in [2.24, 2.45) is 0 Å². The number of hydrogen-bond donors (Lipinski definition) is 4. The molecule has 3 aromatic rings. The number of anilines is 3. The molecule has 0 spiro atoms. The lowest BCUT2D eigenvalue weighted by molar-refractivity contribution is 0.588. The van der Waals surface area contributed by atoms with E-state index in [0.717, 1.165) is 24.0 Å².